The molecule has 0 amide bonds. The maximum absolute atomic E-state index is 12.0. The van der Waals surface area contributed by atoms with Gasteiger partial charge in [-0.1, -0.05) is 19.1 Å². The number of carbonyl (C=O) groups excluding carboxylic acids is 1. The van der Waals surface area contributed by atoms with Crippen LogP contribution in [0.5, 0.6) is 0 Å². The molecule has 2 rings (SSSR count). The Morgan fingerprint density at radius 2 is 2.04 bits per heavy atom. The normalized spacial score (nSPS) is 10.8. The van der Waals surface area contributed by atoms with Gasteiger partial charge in [0.15, 0.2) is 0 Å². The van der Waals surface area contributed by atoms with Gasteiger partial charge in [0.1, 0.15) is 0 Å². The summed E-state index contributed by atoms with van der Waals surface area (Å²) in [5, 5.41) is 11.0. The van der Waals surface area contributed by atoms with Crippen molar-refractivity contribution in [2.24, 2.45) is 0 Å². The lowest BCUT2D eigenvalue weighted by Gasteiger charge is -2.07. The molecule has 0 bridgehead atoms. The molecule has 0 unspecified atom stereocenters. The molecule has 0 fully saturated rings. The van der Waals surface area contributed by atoms with Gasteiger partial charge in [-0.2, -0.15) is 0 Å². The zero-order valence-corrected chi connectivity index (χ0v) is 13.6. The summed E-state index contributed by atoms with van der Waals surface area (Å²) in [5.41, 5.74) is 2.30. The van der Waals surface area contributed by atoms with Crippen LogP contribution >= 0.6 is 0 Å². The third kappa shape index (κ3) is 4.04. The molecule has 0 aliphatic heterocycles. The zero-order valence-electron chi connectivity index (χ0n) is 13.6. The monoisotopic (exact) mass is 326 g/mol. The van der Waals surface area contributed by atoms with Crippen LogP contribution in [0.2, 0.25) is 0 Å². The molecule has 0 radical (unpaired) electrons. The molecule has 0 N–H and O–H groups in total. The molecular formula is C18H18N2O4. The van der Waals surface area contributed by atoms with Gasteiger partial charge in [-0.25, -0.2) is 4.79 Å². The fraction of sp³-hybridized carbons (Fsp3) is 0.222. The van der Waals surface area contributed by atoms with Crippen molar-refractivity contribution in [1.82, 2.24) is 4.98 Å². The fourth-order valence-corrected chi connectivity index (χ4v) is 2.24. The van der Waals surface area contributed by atoms with Gasteiger partial charge in [0, 0.05) is 12.3 Å². The van der Waals surface area contributed by atoms with Crippen molar-refractivity contribution >= 4 is 23.8 Å². The number of hydrogen-bond donors (Lipinski definition) is 0. The lowest BCUT2D eigenvalue weighted by molar-refractivity contribution is -0.385. The van der Waals surface area contributed by atoms with E-state index in [1.807, 2.05) is 6.92 Å². The average molecular weight is 326 g/mol. The molecule has 1 aromatic heterocycles. The molecule has 0 saturated carbocycles. The molecule has 0 atom stereocenters. The summed E-state index contributed by atoms with van der Waals surface area (Å²) in [7, 11) is 0. The van der Waals surface area contributed by atoms with Gasteiger partial charge in [0.2, 0.25) is 0 Å². The number of hydrogen-bond acceptors (Lipinski definition) is 5. The number of benzene rings is 1. The van der Waals surface area contributed by atoms with E-state index in [-0.39, 0.29) is 5.69 Å². The standard InChI is InChI=1S/C18H18N2O4/c1-3-13-12-19-15(11-16(13)18(21)24-4-2)10-9-14-7-5-6-8-17(14)20(22)23/h5-12H,3-4H2,1-2H3. The molecule has 124 valence electrons. The Bertz CT molecular complexity index is 784. The predicted molar refractivity (Wildman–Crippen MR) is 91.6 cm³/mol. The zero-order chi connectivity index (χ0) is 17.5. The summed E-state index contributed by atoms with van der Waals surface area (Å²) in [6.07, 6.45) is 5.55. The van der Waals surface area contributed by atoms with Crippen LogP contribution in [0.3, 0.4) is 0 Å². The molecule has 2 aromatic rings. The quantitative estimate of drug-likeness (QED) is 0.457. The number of aromatic nitrogens is 1. The van der Waals surface area contributed by atoms with Crippen LogP contribution in [-0.2, 0) is 11.2 Å². The minimum atomic E-state index is -0.433. The first-order valence-electron chi connectivity index (χ1n) is 7.64. The van der Waals surface area contributed by atoms with Crippen LogP contribution in [0.4, 0.5) is 5.69 Å². The smallest absolute Gasteiger partial charge is 0.338 e. The van der Waals surface area contributed by atoms with Crippen molar-refractivity contribution in [2.45, 2.75) is 20.3 Å². The Balaban J connectivity index is 2.35. The molecule has 0 aliphatic carbocycles. The highest BCUT2D eigenvalue weighted by molar-refractivity contribution is 5.91. The Morgan fingerprint density at radius 3 is 2.71 bits per heavy atom. The number of para-hydroxylation sites is 1. The van der Waals surface area contributed by atoms with E-state index in [4.69, 9.17) is 4.74 Å². The number of carbonyl (C=O) groups is 1. The van der Waals surface area contributed by atoms with Crippen molar-refractivity contribution < 1.29 is 14.5 Å². The van der Waals surface area contributed by atoms with Gasteiger partial charge in [-0.3, -0.25) is 15.1 Å². The van der Waals surface area contributed by atoms with Crippen LogP contribution in [-0.4, -0.2) is 22.5 Å². The average Bonchev–Trinajstić information content (AvgIpc) is 2.60. The number of nitro benzene ring substituents is 1. The maximum Gasteiger partial charge on any atom is 0.338 e. The third-order valence-corrected chi connectivity index (χ3v) is 3.45. The highest BCUT2D eigenvalue weighted by Gasteiger charge is 2.13. The SMILES string of the molecule is CCOC(=O)c1cc(C=Cc2ccccc2[N+](=O)[O-])ncc1CC. The summed E-state index contributed by atoms with van der Waals surface area (Å²) in [4.78, 5) is 26.9. The molecule has 24 heavy (non-hydrogen) atoms. The van der Waals surface area contributed by atoms with Crippen molar-refractivity contribution in [3.63, 3.8) is 0 Å². The van der Waals surface area contributed by atoms with E-state index in [0.717, 1.165) is 5.56 Å². The van der Waals surface area contributed by atoms with Crippen molar-refractivity contribution in [3.05, 3.63) is 69.0 Å². The van der Waals surface area contributed by atoms with E-state index in [0.29, 0.717) is 29.8 Å². The van der Waals surface area contributed by atoms with E-state index in [9.17, 15) is 14.9 Å². The first kappa shape index (κ1) is 17.3. The van der Waals surface area contributed by atoms with Crippen LogP contribution in [0.15, 0.2) is 36.5 Å². The number of nitrogens with zero attached hydrogens (tertiary/aromatic N) is 2. The number of nitro groups is 1. The van der Waals surface area contributed by atoms with E-state index >= 15 is 0 Å². The van der Waals surface area contributed by atoms with Crippen LogP contribution in [0.25, 0.3) is 12.2 Å². The molecule has 0 saturated heterocycles. The van der Waals surface area contributed by atoms with Crippen LogP contribution in [0.1, 0.15) is 41.0 Å². The second kappa shape index (κ2) is 8.01. The Hall–Kier alpha value is -3.02. The Kier molecular flexibility index (Phi) is 5.78. The van der Waals surface area contributed by atoms with E-state index < -0.39 is 10.9 Å². The molecule has 1 aromatic carbocycles. The number of rotatable bonds is 6. The summed E-state index contributed by atoms with van der Waals surface area (Å²) in [5.74, 6) is -0.392. The first-order valence-corrected chi connectivity index (χ1v) is 7.64. The van der Waals surface area contributed by atoms with Crippen LogP contribution < -0.4 is 0 Å². The fourth-order valence-electron chi connectivity index (χ4n) is 2.24. The van der Waals surface area contributed by atoms with Gasteiger partial charge < -0.3 is 4.74 Å². The number of esters is 1. The lowest BCUT2D eigenvalue weighted by atomic mass is 10.1. The molecule has 6 heteroatoms. The second-order valence-corrected chi connectivity index (χ2v) is 4.99. The topological polar surface area (TPSA) is 82.3 Å². The highest BCUT2D eigenvalue weighted by Crippen LogP contribution is 2.20. The van der Waals surface area contributed by atoms with E-state index in [1.54, 1.807) is 49.5 Å². The van der Waals surface area contributed by atoms with E-state index in [1.165, 1.54) is 6.07 Å². The number of pyridine rings is 1. The first-order chi connectivity index (χ1) is 11.6. The Morgan fingerprint density at radius 1 is 1.29 bits per heavy atom. The van der Waals surface area contributed by atoms with Crippen molar-refractivity contribution in [1.29, 1.82) is 0 Å². The van der Waals surface area contributed by atoms with Gasteiger partial charge in [0.25, 0.3) is 5.69 Å². The number of aryl methyl sites for hydroxylation is 1. The molecular weight excluding hydrogens is 308 g/mol. The third-order valence-electron chi connectivity index (χ3n) is 3.45. The van der Waals surface area contributed by atoms with Crippen molar-refractivity contribution in [2.75, 3.05) is 6.61 Å². The molecule has 0 aliphatic rings. The van der Waals surface area contributed by atoms with E-state index in [2.05, 4.69) is 4.98 Å². The maximum atomic E-state index is 12.0. The Labute approximate surface area is 140 Å². The van der Waals surface area contributed by atoms with Crippen molar-refractivity contribution in [3.8, 4) is 0 Å². The largest absolute Gasteiger partial charge is 0.462 e. The second-order valence-electron chi connectivity index (χ2n) is 4.99. The van der Waals surface area contributed by atoms with Gasteiger partial charge >= 0.3 is 5.97 Å². The van der Waals surface area contributed by atoms with Gasteiger partial charge in [-0.05, 0) is 43.2 Å². The minimum Gasteiger partial charge on any atom is -0.462 e. The highest BCUT2D eigenvalue weighted by atomic mass is 16.6. The molecule has 0 spiro atoms. The predicted octanol–water partition coefficient (Wildman–Crippen LogP) is 3.90. The summed E-state index contributed by atoms with van der Waals surface area (Å²) in [6, 6.07) is 8.08. The summed E-state index contributed by atoms with van der Waals surface area (Å²) in [6.45, 7) is 3.98. The molecule has 6 nitrogen and oxygen atoms in total. The number of ether oxygens (including phenoxy) is 1. The summed E-state index contributed by atoms with van der Waals surface area (Å²) < 4.78 is 5.06. The van der Waals surface area contributed by atoms with Gasteiger partial charge in [0.05, 0.1) is 28.4 Å². The van der Waals surface area contributed by atoms with Gasteiger partial charge in [-0.15, -0.1) is 0 Å². The minimum absolute atomic E-state index is 0.0181. The molecule has 1 heterocycles. The van der Waals surface area contributed by atoms with Crippen LogP contribution in [0, 0.1) is 10.1 Å². The lowest BCUT2D eigenvalue weighted by Crippen LogP contribution is -2.09. The summed E-state index contributed by atoms with van der Waals surface area (Å²) >= 11 is 0.